The summed E-state index contributed by atoms with van der Waals surface area (Å²) in [6.45, 7) is 1.67. The normalized spacial score (nSPS) is 21.5. The van der Waals surface area contributed by atoms with Crippen LogP contribution in [0.3, 0.4) is 0 Å². The lowest BCUT2D eigenvalue weighted by Crippen LogP contribution is -2.21. The van der Waals surface area contributed by atoms with Crippen molar-refractivity contribution < 1.29 is 28.2 Å². The third-order valence-electron chi connectivity index (χ3n) is 2.68. The molecule has 8 heteroatoms. The van der Waals surface area contributed by atoms with Crippen molar-refractivity contribution in [2.24, 2.45) is 0 Å². The zero-order valence-electron chi connectivity index (χ0n) is 11.0. The van der Waals surface area contributed by atoms with Gasteiger partial charge in [-0.1, -0.05) is 30.3 Å². The van der Waals surface area contributed by atoms with Crippen LogP contribution in [-0.2, 0) is 10.5 Å². The average Bonchev–Trinajstić information content (AvgIpc) is 2.83. The fraction of sp³-hybridized carbons (Fsp3) is 0.462. The van der Waals surface area contributed by atoms with Crippen molar-refractivity contribution in [2.45, 2.75) is 23.3 Å². The van der Waals surface area contributed by atoms with Crippen molar-refractivity contribution in [3.8, 4) is 0 Å². The molecule has 0 aliphatic carbocycles. The van der Waals surface area contributed by atoms with Gasteiger partial charge in [0.05, 0.1) is 6.10 Å². The van der Waals surface area contributed by atoms with Gasteiger partial charge in [-0.05, 0) is 5.56 Å². The minimum absolute atomic E-state index is 0.177. The van der Waals surface area contributed by atoms with Gasteiger partial charge in [-0.3, -0.25) is 0 Å². The Morgan fingerprint density at radius 1 is 1.29 bits per heavy atom. The third-order valence-corrected chi connectivity index (χ3v) is 4.09. The van der Waals surface area contributed by atoms with Crippen LogP contribution in [0.4, 0.5) is 13.2 Å². The van der Waals surface area contributed by atoms with Crippen LogP contribution in [0.2, 0.25) is 0 Å². The molecule has 4 nitrogen and oxygen atoms in total. The van der Waals surface area contributed by atoms with Crippen LogP contribution >= 0.6 is 11.8 Å². The van der Waals surface area contributed by atoms with Crippen LogP contribution in [0.1, 0.15) is 5.56 Å². The predicted octanol–water partition coefficient (Wildman–Crippen LogP) is 1.89. The monoisotopic (exact) mass is 323 g/mol. The Bertz CT molecular complexity index is 442. The summed E-state index contributed by atoms with van der Waals surface area (Å²) in [5, 5.41) is 20.3. The molecule has 0 radical (unpaired) electrons. The Kier molecular flexibility index (Phi) is 7.00. The Labute approximate surface area is 124 Å². The molecule has 3 N–H and O–H groups in total. The van der Waals surface area contributed by atoms with Crippen LogP contribution in [-0.4, -0.2) is 46.8 Å². The summed E-state index contributed by atoms with van der Waals surface area (Å²) in [7, 11) is 0. The second-order valence-corrected chi connectivity index (χ2v) is 5.59. The van der Waals surface area contributed by atoms with Gasteiger partial charge in [0.2, 0.25) is 0 Å². The number of thioether (sulfide) groups is 1. The molecule has 1 aromatic carbocycles. The molecule has 2 atom stereocenters. The topological polar surface area (TPSA) is 69.6 Å². The maximum absolute atomic E-state index is 10.6. The molecule has 1 heterocycles. The van der Waals surface area contributed by atoms with Gasteiger partial charge in [0.15, 0.2) is 0 Å². The lowest BCUT2D eigenvalue weighted by atomic mass is 10.2. The summed E-state index contributed by atoms with van der Waals surface area (Å²) in [6.07, 6.45) is -5.26. The van der Waals surface area contributed by atoms with Gasteiger partial charge < -0.3 is 15.5 Å². The number of hydrogen-bond donors (Lipinski definition) is 3. The molecule has 118 valence electrons. The molecule has 1 aromatic rings. The fourth-order valence-corrected chi connectivity index (χ4v) is 2.74. The number of alkyl halides is 3. The number of aliphatic hydroxyl groups excluding tert-OH is 1. The van der Waals surface area contributed by atoms with E-state index in [1.165, 1.54) is 5.56 Å². The third kappa shape index (κ3) is 6.83. The smallest absolute Gasteiger partial charge is 0.475 e. The molecule has 0 aromatic heterocycles. The van der Waals surface area contributed by atoms with Gasteiger partial charge in [-0.15, -0.1) is 11.8 Å². The van der Waals surface area contributed by atoms with E-state index in [0.29, 0.717) is 5.25 Å². The molecular weight excluding hydrogens is 307 g/mol. The zero-order chi connectivity index (χ0) is 15.9. The van der Waals surface area contributed by atoms with E-state index in [0.717, 1.165) is 18.8 Å². The van der Waals surface area contributed by atoms with E-state index in [1.54, 1.807) is 0 Å². The Morgan fingerprint density at radius 3 is 2.29 bits per heavy atom. The number of halogens is 3. The molecule has 0 amide bonds. The maximum Gasteiger partial charge on any atom is 0.490 e. The van der Waals surface area contributed by atoms with E-state index in [1.807, 2.05) is 17.8 Å². The second-order valence-electron chi connectivity index (χ2n) is 4.36. The van der Waals surface area contributed by atoms with Crippen LogP contribution in [0.15, 0.2) is 30.3 Å². The first kappa shape index (κ1) is 17.8. The Balaban J connectivity index is 0.000000270. The van der Waals surface area contributed by atoms with Crippen LogP contribution in [0.25, 0.3) is 0 Å². The number of aliphatic carboxylic acids is 1. The van der Waals surface area contributed by atoms with Gasteiger partial charge >= 0.3 is 12.1 Å². The summed E-state index contributed by atoms with van der Waals surface area (Å²) in [4.78, 5) is 8.90. The largest absolute Gasteiger partial charge is 0.490 e. The number of carbonyl (C=O) groups is 1. The number of nitrogens with one attached hydrogen (secondary N) is 1. The summed E-state index contributed by atoms with van der Waals surface area (Å²) >= 11 is 1.83. The van der Waals surface area contributed by atoms with E-state index >= 15 is 0 Å². The molecule has 21 heavy (non-hydrogen) atoms. The number of benzene rings is 1. The number of aliphatic hydroxyl groups is 1. The van der Waals surface area contributed by atoms with Gasteiger partial charge in [0.1, 0.15) is 0 Å². The highest BCUT2D eigenvalue weighted by atomic mass is 32.2. The quantitative estimate of drug-likeness (QED) is 0.792. The Morgan fingerprint density at radius 2 is 1.86 bits per heavy atom. The lowest BCUT2D eigenvalue weighted by molar-refractivity contribution is -0.192. The summed E-state index contributed by atoms with van der Waals surface area (Å²) in [5.41, 5.74) is 1.33. The number of carboxylic acids is 1. The second kappa shape index (κ2) is 8.26. The van der Waals surface area contributed by atoms with E-state index in [9.17, 15) is 18.3 Å². The Hall–Kier alpha value is -1.25. The number of rotatable bonds is 3. The van der Waals surface area contributed by atoms with Crippen molar-refractivity contribution in [2.75, 3.05) is 13.1 Å². The van der Waals surface area contributed by atoms with Crippen molar-refractivity contribution in [3.63, 3.8) is 0 Å². The van der Waals surface area contributed by atoms with Crippen LogP contribution in [0.5, 0.6) is 0 Å². The molecule has 2 unspecified atom stereocenters. The molecule has 1 saturated heterocycles. The molecule has 0 bridgehead atoms. The maximum atomic E-state index is 10.6. The molecular formula is C13H16F3NO3S. The highest BCUT2D eigenvalue weighted by Gasteiger charge is 2.38. The SMILES string of the molecule is O=C(O)C(F)(F)F.OC1CNCC1SCc1ccccc1. The first-order chi connectivity index (χ1) is 9.80. The predicted molar refractivity (Wildman–Crippen MR) is 74.1 cm³/mol. The molecule has 1 aliphatic heterocycles. The first-order valence-corrected chi connectivity index (χ1v) is 7.20. The number of hydrogen-bond acceptors (Lipinski definition) is 4. The van der Waals surface area contributed by atoms with Gasteiger partial charge in [0, 0.05) is 24.1 Å². The highest BCUT2D eigenvalue weighted by Crippen LogP contribution is 2.22. The first-order valence-electron chi connectivity index (χ1n) is 6.15. The van der Waals surface area contributed by atoms with Gasteiger partial charge in [-0.25, -0.2) is 4.79 Å². The highest BCUT2D eigenvalue weighted by molar-refractivity contribution is 7.99. The lowest BCUT2D eigenvalue weighted by Gasteiger charge is -2.12. The number of β-amino-alcohol motifs (C(OH)–C–C–N with tert-alkyl or cyclic N) is 1. The summed E-state index contributed by atoms with van der Waals surface area (Å²) in [5.74, 6) is -1.77. The van der Waals surface area contributed by atoms with Crippen molar-refractivity contribution in [1.29, 1.82) is 0 Å². The minimum atomic E-state index is -5.08. The van der Waals surface area contributed by atoms with Crippen molar-refractivity contribution >= 4 is 17.7 Å². The van der Waals surface area contributed by atoms with Crippen molar-refractivity contribution in [3.05, 3.63) is 35.9 Å². The summed E-state index contributed by atoms with van der Waals surface area (Å²) in [6, 6.07) is 10.4. The van der Waals surface area contributed by atoms with Crippen LogP contribution < -0.4 is 5.32 Å². The standard InChI is InChI=1S/C11H15NOS.C2HF3O2/c13-10-6-12-7-11(10)14-8-9-4-2-1-3-5-9;3-2(4,5)1(6)7/h1-5,10-13H,6-8H2;(H,6,7). The molecule has 1 aliphatic rings. The van der Waals surface area contributed by atoms with E-state index in [4.69, 9.17) is 9.90 Å². The fourth-order valence-electron chi connectivity index (χ4n) is 1.59. The van der Waals surface area contributed by atoms with Crippen molar-refractivity contribution in [1.82, 2.24) is 5.32 Å². The molecule has 2 rings (SSSR count). The van der Waals surface area contributed by atoms with E-state index in [-0.39, 0.29) is 6.10 Å². The zero-order valence-corrected chi connectivity index (χ0v) is 11.8. The van der Waals surface area contributed by atoms with E-state index in [2.05, 4.69) is 29.6 Å². The summed E-state index contributed by atoms with van der Waals surface area (Å²) < 4.78 is 31.7. The minimum Gasteiger partial charge on any atom is -0.475 e. The number of carboxylic acid groups (broad SMARTS) is 1. The average molecular weight is 323 g/mol. The molecule has 0 spiro atoms. The van der Waals surface area contributed by atoms with E-state index < -0.39 is 12.1 Å². The van der Waals surface area contributed by atoms with Gasteiger partial charge in [-0.2, -0.15) is 13.2 Å². The molecule has 0 saturated carbocycles. The molecule has 1 fully saturated rings. The van der Waals surface area contributed by atoms with Crippen LogP contribution in [0, 0.1) is 0 Å². The van der Waals surface area contributed by atoms with Gasteiger partial charge in [0.25, 0.3) is 0 Å².